The number of carbonyl (C=O) groups is 1. The van der Waals surface area contributed by atoms with Crippen LogP contribution < -0.4 is 9.47 Å². The summed E-state index contributed by atoms with van der Waals surface area (Å²) in [4.78, 5) is 10.6. The van der Waals surface area contributed by atoms with Crippen molar-refractivity contribution >= 4 is 5.97 Å². The van der Waals surface area contributed by atoms with E-state index in [1.165, 1.54) is 0 Å². The van der Waals surface area contributed by atoms with Gasteiger partial charge in [-0.25, -0.2) is 4.79 Å². The van der Waals surface area contributed by atoms with Crippen molar-refractivity contribution in [3.8, 4) is 11.5 Å². The van der Waals surface area contributed by atoms with E-state index in [2.05, 4.69) is 9.47 Å². The third kappa shape index (κ3) is 4.07. The summed E-state index contributed by atoms with van der Waals surface area (Å²) in [5.41, 5.74) is -0.825. The molecule has 0 aliphatic rings. The Labute approximate surface area is 96.5 Å². The first-order valence-corrected chi connectivity index (χ1v) is 4.27. The molecule has 1 aromatic carbocycles. The maximum absolute atomic E-state index is 12.0. The van der Waals surface area contributed by atoms with Crippen LogP contribution in [0, 0.1) is 0 Å². The van der Waals surface area contributed by atoms with E-state index in [0.717, 1.165) is 6.07 Å². The van der Waals surface area contributed by atoms with Crippen LogP contribution in [0.2, 0.25) is 0 Å². The molecule has 0 bridgehead atoms. The molecule has 0 aromatic heterocycles. The SMILES string of the molecule is O=C(O)c1ccc(OC(F)F)cc1OC(F)(F)F. The molecular formula is C9H5F5O4. The van der Waals surface area contributed by atoms with E-state index in [9.17, 15) is 26.7 Å². The maximum Gasteiger partial charge on any atom is 0.573 e. The summed E-state index contributed by atoms with van der Waals surface area (Å²) in [6.07, 6.45) is -5.15. The number of benzene rings is 1. The lowest BCUT2D eigenvalue weighted by Crippen LogP contribution is -2.19. The van der Waals surface area contributed by atoms with Crippen LogP contribution in [0.5, 0.6) is 11.5 Å². The molecule has 0 heterocycles. The summed E-state index contributed by atoms with van der Waals surface area (Å²) in [6, 6.07) is 1.88. The van der Waals surface area contributed by atoms with E-state index >= 15 is 0 Å². The van der Waals surface area contributed by atoms with Crippen LogP contribution in [0.25, 0.3) is 0 Å². The Kier molecular flexibility index (Phi) is 3.94. The minimum Gasteiger partial charge on any atom is -0.478 e. The van der Waals surface area contributed by atoms with Crippen molar-refractivity contribution in [1.82, 2.24) is 0 Å². The lowest BCUT2D eigenvalue weighted by molar-refractivity contribution is -0.274. The van der Waals surface area contributed by atoms with Crippen molar-refractivity contribution < 1.29 is 41.3 Å². The van der Waals surface area contributed by atoms with Gasteiger partial charge in [0.15, 0.2) is 0 Å². The van der Waals surface area contributed by atoms with E-state index in [1.54, 1.807) is 0 Å². The molecule has 1 N–H and O–H groups in total. The zero-order chi connectivity index (χ0) is 13.9. The zero-order valence-corrected chi connectivity index (χ0v) is 8.37. The van der Waals surface area contributed by atoms with E-state index in [4.69, 9.17) is 5.11 Å². The highest BCUT2D eigenvalue weighted by molar-refractivity contribution is 5.91. The molecule has 0 spiro atoms. The Morgan fingerprint density at radius 3 is 2.33 bits per heavy atom. The van der Waals surface area contributed by atoms with Crippen LogP contribution in [0.15, 0.2) is 18.2 Å². The van der Waals surface area contributed by atoms with Gasteiger partial charge >= 0.3 is 18.9 Å². The molecule has 18 heavy (non-hydrogen) atoms. The fraction of sp³-hybridized carbons (Fsp3) is 0.222. The third-order valence-electron chi connectivity index (χ3n) is 1.63. The number of rotatable bonds is 4. The molecule has 0 aliphatic heterocycles. The summed E-state index contributed by atoms with van der Waals surface area (Å²) in [5, 5.41) is 8.60. The van der Waals surface area contributed by atoms with Gasteiger partial charge < -0.3 is 14.6 Å². The Morgan fingerprint density at radius 2 is 1.89 bits per heavy atom. The Balaban J connectivity index is 3.11. The fourth-order valence-corrected chi connectivity index (χ4v) is 1.06. The van der Waals surface area contributed by atoms with Gasteiger partial charge in [0, 0.05) is 6.07 Å². The second-order valence-corrected chi connectivity index (χ2v) is 2.89. The third-order valence-corrected chi connectivity index (χ3v) is 1.63. The highest BCUT2D eigenvalue weighted by Gasteiger charge is 2.33. The standard InChI is InChI=1S/C9H5F5O4/c10-8(11)17-4-1-2-5(7(15)16)6(3-4)18-9(12,13)14/h1-3,8H,(H,15,16). The van der Waals surface area contributed by atoms with E-state index < -0.39 is 36.0 Å². The first kappa shape index (κ1) is 14.0. The molecule has 0 radical (unpaired) electrons. The quantitative estimate of drug-likeness (QED) is 0.856. The van der Waals surface area contributed by atoms with Crippen molar-refractivity contribution in [1.29, 1.82) is 0 Å². The molecule has 0 saturated carbocycles. The lowest BCUT2D eigenvalue weighted by Gasteiger charge is -2.12. The first-order valence-electron chi connectivity index (χ1n) is 4.27. The van der Waals surface area contributed by atoms with E-state index in [0.29, 0.717) is 12.1 Å². The number of halogens is 5. The molecule has 0 fully saturated rings. The van der Waals surface area contributed by atoms with Crippen LogP contribution in [0.1, 0.15) is 10.4 Å². The van der Waals surface area contributed by atoms with Crippen molar-refractivity contribution in [3.05, 3.63) is 23.8 Å². The molecule has 0 amide bonds. The number of carboxylic acid groups (broad SMARTS) is 1. The summed E-state index contributed by atoms with van der Waals surface area (Å²) in [6.45, 7) is -3.25. The van der Waals surface area contributed by atoms with Gasteiger partial charge in [0.1, 0.15) is 17.1 Å². The monoisotopic (exact) mass is 272 g/mol. The molecule has 0 saturated heterocycles. The van der Waals surface area contributed by atoms with Gasteiger partial charge in [0.25, 0.3) is 0 Å². The normalized spacial score (nSPS) is 11.4. The van der Waals surface area contributed by atoms with Crippen LogP contribution in [-0.2, 0) is 0 Å². The number of hydrogen-bond acceptors (Lipinski definition) is 3. The van der Waals surface area contributed by atoms with Gasteiger partial charge in [-0.15, -0.1) is 13.2 Å². The van der Waals surface area contributed by atoms with Crippen LogP contribution in [0.3, 0.4) is 0 Å². The molecule has 9 heteroatoms. The topological polar surface area (TPSA) is 55.8 Å². The van der Waals surface area contributed by atoms with Crippen molar-refractivity contribution in [2.75, 3.05) is 0 Å². The highest BCUT2D eigenvalue weighted by atomic mass is 19.4. The summed E-state index contributed by atoms with van der Waals surface area (Å²) in [5.74, 6) is -3.47. The highest BCUT2D eigenvalue weighted by Crippen LogP contribution is 2.30. The lowest BCUT2D eigenvalue weighted by atomic mass is 10.2. The minimum absolute atomic E-state index is 0.420. The Bertz CT molecular complexity index is 443. The summed E-state index contributed by atoms with van der Waals surface area (Å²) < 4.78 is 66.9. The molecule has 0 unspecified atom stereocenters. The molecule has 100 valence electrons. The molecule has 4 nitrogen and oxygen atoms in total. The van der Waals surface area contributed by atoms with E-state index in [-0.39, 0.29) is 0 Å². The number of aromatic carboxylic acids is 1. The second-order valence-electron chi connectivity index (χ2n) is 2.89. The van der Waals surface area contributed by atoms with Crippen LogP contribution >= 0.6 is 0 Å². The second kappa shape index (κ2) is 5.07. The summed E-state index contributed by atoms with van der Waals surface area (Å²) >= 11 is 0. The fourth-order valence-electron chi connectivity index (χ4n) is 1.06. The Morgan fingerprint density at radius 1 is 1.28 bits per heavy atom. The van der Waals surface area contributed by atoms with Gasteiger partial charge in [0.2, 0.25) is 0 Å². The van der Waals surface area contributed by atoms with E-state index in [1.807, 2.05) is 0 Å². The van der Waals surface area contributed by atoms with Crippen molar-refractivity contribution in [2.45, 2.75) is 13.0 Å². The van der Waals surface area contributed by atoms with Gasteiger partial charge in [-0.2, -0.15) is 8.78 Å². The maximum atomic E-state index is 12.0. The number of hydrogen-bond donors (Lipinski definition) is 1. The van der Waals surface area contributed by atoms with Gasteiger partial charge in [0.05, 0.1) is 0 Å². The molecular weight excluding hydrogens is 267 g/mol. The average molecular weight is 272 g/mol. The predicted octanol–water partition coefficient (Wildman–Crippen LogP) is 2.88. The zero-order valence-electron chi connectivity index (χ0n) is 8.37. The predicted molar refractivity (Wildman–Crippen MR) is 46.7 cm³/mol. The van der Waals surface area contributed by atoms with Gasteiger partial charge in [-0.3, -0.25) is 0 Å². The Hall–Kier alpha value is -2.06. The molecule has 0 aliphatic carbocycles. The van der Waals surface area contributed by atoms with Gasteiger partial charge in [-0.1, -0.05) is 0 Å². The van der Waals surface area contributed by atoms with Crippen molar-refractivity contribution in [2.24, 2.45) is 0 Å². The largest absolute Gasteiger partial charge is 0.573 e. The average Bonchev–Trinajstić information content (AvgIpc) is 2.13. The van der Waals surface area contributed by atoms with Crippen LogP contribution in [-0.4, -0.2) is 24.0 Å². The summed E-state index contributed by atoms with van der Waals surface area (Å²) in [7, 11) is 0. The minimum atomic E-state index is -5.15. The first-order chi connectivity index (χ1) is 8.19. The molecule has 1 rings (SSSR count). The molecule has 0 atom stereocenters. The molecule has 1 aromatic rings. The smallest absolute Gasteiger partial charge is 0.478 e. The number of carboxylic acids is 1. The number of alkyl halides is 5. The van der Waals surface area contributed by atoms with Crippen LogP contribution in [0.4, 0.5) is 22.0 Å². The number of ether oxygens (including phenoxy) is 2. The van der Waals surface area contributed by atoms with Crippen molar-refractivity contribution in [3.63, 3.8) is 0 Å². The van der Waals surface area contributed by atoms with Gasteiger partial charge in [-0.05, 0) is 12.1 Å².